The summed E-state index contributed by atoms with van der Waals surface area (Å²) in [6.45, 7) is 1.29. The van der Waals surface area contributed by atoms with Crippen molar-refractivity contribution >= 4 is 11.4 Å². The molecule has 76 valence electrons. The van der Waals surface area contributed by atoms with Crippen molar-refractivity contribution < 1.29 is 9.53 Å². The molecule has 15 heavy (non-hydrogen) atoms. The molecule has 0 N–H and O–H groups in total. The molecule has 2 heteroatoms. The van der Waals surface area contributed by atoms with E-state index in [-0.39, 0.29) is 11.7 Å². The molecule has 0 saturated carbocycles. The maximum Gasteiger partial charge on any atom is 0.169 e. The van der Waals surface area contributed by atoms with Crippen molar-refractivity contribution in [2.24, 2.45) is 11.8 Å². The predicted molar refractivity (Wildman–Crippen MR) is 57.2 cm³/mol. The summed E-state index contributed by atoms with van der Waals surface area (Å²) in [7, 11) is 0. The Balaban J connectivity index is 1.98. The fourth-order valence-electron chi connectivity index (χ4n) is 2.36. The van der Waals surface area contributed by atoms with Crippen molar-refractivity contribution in [3.05, 3.63) is 42.0 Å². The highest BCUT2D eigenvalue weighted by Crippen LogP contribution is 2.36. The van der Waals surface area contributed by atoms with Crippen LogP contribution in [0.3, 0.4) is 0 Å². The first-order valence-electron chi connectivity index (χ1n) is 5.25. The van der Waals surface area contributed by atoms with E-state index in [9.17, 15) is 4.79 Å². The maximum absolute atomic E-state index is 12.0. The number of fused-ring (bicyclic) bond motifs is 1. The van der Waals surface area contributed by atoms with Gasteiger partial charge in [-0.2, -0.15) is 0 Å². The molecule has 1 aliphatic carbocycles. The molecule has 0 bridgehead atoms. The van der Waals surface area contributed by atoms with Crippen LogP contribution >= 0.6 is 0 Å². The van der Waals surface area contributed by atoms with E-state index in [2.05, 4.69) is 6.08 Å². The number of rotatable bonds is 1. The molecule has 1 fully saturated rings. The summed E-state index contributed by atoms with van der Waals surface area (Å²) in [5, 5.41) is 0. The molecule has 2 aliphatic rings. The lowest BCUT2D eigenvalue weighted by molar-refractivity contribution is -0.117. The third-order valence-corrected chi connectivity index (χ3v) is 3.19. The molecule has 3 rings (SSSR count). The summed E-state index contributed by atoms with van der Waals surface area (Å²) in [5.41, 5.74) is 1.92. The van der Waals surface area contributed by atoms with Crippen LogP contribution in [-0.4, -0.2) is 19.0 Å². The van der Waals surface area contributed by atoms with Crippen molar-refractivity contribution in [1.82, 2.24) is 0 Å². The SMILES string of the molecule is O=C1C(c2ccccc2)=C[C@@H]2COC[C@H]12. The average Bonchev–Trinajstić information content (AvgIpc) is 2.83. The lowest BCUT2D eigenvalue weighted by atomic mass is 9.97. The van der Waals surface area contributed by atoms with Gasteiger partial charge in [-0.15, -0.1) is 0 Å². The summed E-state index contributed by atoms with van der Waals surface area (Å²) >= 11 is 0. The van der Waals surface area contributed by atoms with Crippen LogP contribution in [0.5, 0.6) is 0 Å². The molecule has 2 atom stereocenters. The Labute approximate surface area is 88.6 Å². The second-order valence-electron chi connectivity index (χ2n) is 4.12. The molecule has 2 nitrogen and oxygen atoms in total. The third kappa shape index (κ3) is 1.33. The molecule has 0 amide bonds. The molecule has 0 radical (unpaired) electrons. The van der Waals surface area contributed by atoms with Gasteiger partial charge in [-0.25, -0.2) is 0 Å². The number of Topliss-reactive ketones (excluding diaryl/α,β-unsaturated/α-hetero) is 1. The fourth-order valence-corrected chi connectivity index (χ4v) is 2.36. The Kier molecular flexibility index (Phi) is 1.96. The topological polar surface area (TPSA) is 26.3 Å². The lowest BCUT2D eigenvalue weighted by Crippen LogP contribution is -2.14. The number of carbonyl (C=O) groups is 1. The van der Waals surface area contributed by atoms with Gasteiger partial charge in [-0.05, 0) is 5.56 Å². The van der Waals surface area contributed by atoms with E-state index >= 15 is 0 Å². The molecule has 1 aromatic rings. The number of hydrogen-bond donors (Lipinski definition) is 0. The van der Waals surface area contributed by atoms with Crippen molar-refractivity contribution in [2.75, 3.05) is 13.2 Å². The van der Waals surface area contributed by atoms with Gasteiger partial charge in [0.15, 0.2) is 5.78 Å². The van der Waals surface area contributed by atoms with Crippen LogP contribution in [-0.2, 0) is 9.53 Å². The van der Waals surface area contributed by atoms with E-state index < -0.39 is 0 Å². The first-order valence-corrected chi connectivity index (χ1v) is 5.25. The lowest BCUT2D eigenvalue weighted by Gasteiger charge is -2.04. The quantitative estimate of drug-likeness (QED) is 0.692. The van der Waals surface area contributed by atoms with E-state index in [1.165, 1.54) is 0 Å². The van der Waals surface area contributed by atoms with Gasteiger partial charge in [-0.3, -0.25) is 4.79 Å². The summed E-state index contributed by atoms with van der Waals surface area (Å²) < 4.78 is 5.30. The van der Waals surface area contributed by atoms with Crippen molar-refractivity contribution in [3.8, 4) is 0 Å². The van der Waals surface area contributed by atoms with Gasteiger partial charge in [0.05, 0.1) is 19.1 Å². The van der Waals surface area contributed by atoms with Crippen molar-refractivity contribution in [2.45, 2.75) is 0 Å². The molecule has 1 aromatic carbocycles. The van der Waals surface area contributed by atoms with Crippen LogP contribution in [0.25, 0.3) is 5.57 Å². The molecule has 0 unspecified atom stereocenters. The van der Waals surface area contributed by atoms with E-state index in [4.69, 9.17) is 4.74 Å². The molecule has 0 aromatic heterocycles. The van der Waals surface area contributed by atoms with Crippen LogP contribution in [0.15, 0.2) is 36.4 Å². The van der Waals surface area contributed by atoms with Gasteiger partial charge in [0.1, 0.15) is 0 Å². The van der Waals surface area contributed by atoms with Crippen LogP contribution < -0.4 is 0 Å². The van der Waals surface area contributed by atoms with Gasteiger partial charge in [0.25, 0.3) is 0 Å². The first-order chi connectivity index (χ1) is 7.36. The maximum atomic E-state index is 12.0. The second-order valence-corrected chi connectivity index (χ2v) is 4.12. The van der Waals surface area contributed by atoms with E-state index in [1.54, 1.807) is 0 Å². The number of ketones is 1. The van der Waals surface area contributed by atoms with Gasteiger partial charge in [-0.1, -0.05) is 36.4 Å². The average molecular weight is 200 g/mol. The minimum Gasteiger partial charge on any atom is -0.380 e. The van der Waals surface area contributed by atoms with E-state index in [0.717, 1.165) is 11.1 Å². The van der Waals surface area contributed by atoms with Crippen molar-refractivity contribution in [1.29, 1.82) is 0 Å². The zero-order valence-corrected chi connectivity index (χ0v) is 8.35. The Morgan fingerprint density at radius 3 is 2.67 bits per heavy atom. The number of allylic oxidation sites excluding steroid dienone is 1. The van der Waals surface area contributed by atoms with Gasteiger partial charge in [0.2, 0.25) is 0 Å². The van der Waals surface area contributed by atoms with Gasteiger partial charge in [0, 0.05) is 11.5 Å². The van der Waals surface area contributed by atoms with Gasteiger partial charge >= 0.3 is 0 Å². The minimum absolute atomic E-state index is 0.0835. The number of hydrogen-bond acceptors (Lipinski definition) is 2. The fraction of sp³-hybridized carbons (Fsp3) is 0.308. The molecule has 1 saturated heterocycles. The monoisotopic (exact) mass is 200 g/mol. The van der Waals surface area contributed by atoms with E-state index in [0.29, 0.717) is 19.1 Å². The molecule has 1 heterocycles. The number of ether oxygens (including phenoxy) is 1. The van der Waals surface area contributed by atoms with E-state index in [1.807, 2.05) is 30.3 Å². The van der Waals surface area contributed by atoms with Crippen LogP contribution in [0.4, 0.5) is 0 Å². The first kappa shape index (κ1) is 8.86. The predicted octanol–water partition coefficient (Wildman–Crippen LogP) is 1.92. The zero-order valence-electron chi connectivity index (χ0n) is 8.35. The van der Waals surface area contributed by atoms with Crippen LogP contribution in [0.1, 0.15) is 5.56 Å². The summed E-state index contributed by atoms with van der Waals surface area (Å²) in [4.78, 5) is 12.0. The Morgan fingerprint density at radius 2 is 1.93 bits per heavy atom. The Bertz CT molecular complexity index is 419. The van der Waals surface area contributed by atoms with Crippen LogP contribution in [0, 0.1) is 11.8 Å². The Hall–Kier alpha value is -1.41. The molecule has 0 spiro atoms. The normalized spacial score (nSPS) is 29.1. The standard InChI is InChI=1S/C13H12O2/c14-13-11(9-4-2-1-3-5-9)6-10-7-15-8-12(10)13/h1-6,10,12H,7-8H2/t10-,12+/m1/s1. The summed E-state index contributed by atoms with van der Waals surface area (Å²) in [5.74, 6) is 0.650. The second kappa shape index (κ2) is 3.31. The highest BCUT2D eigenvalue weighted by Gasteiger charge is 2.39. The number of benzene rings is 1. The molecule has 1 aliphatic heterocycles. The highest BCUT2D eigenvalue weighted by molar-refractivity contribution is 6.24. The Morgan fingerprint density at radius 1 is 1.13 bits per heavy atom. The van der Waals surface area contributed by atoms with Crippen molar-refractivity contribution in [3.63, 3.8) is 0 Å². The molecular formula is C13H12O2. The summed E-state index contributed by atoms with van der Waals surface area (Å²) in [6.07, 6.45) is 2.08. The minimum atomic E-state index is 0.0835. The smallest absolute Gasteiger partial charge is 0.169 e. The van der Waals surface area contributed by atoms with Crippen LogP contribution in [0.2, 0.25) is 0 Å². The third-order valence-electron chi connectivity index (χ3n) is 3.19. The molecular weight excluding hydrogens is 188 g/mol. The number of carbonyl (C=O) groups excluding carboxylic acids is 1. The summed E-state index contributed by atoms with van der Waals surface area (Å²) in [6, 6.07) is 9.88. The largest absolute Gasteiger partial charge is 0.380 e. The van der Waals surface area contributed by atoms with Gasteiger partial charge < -0.3 is 4.74 Å². The highest BCUT2D eigenvalue weighted by atomic mass is 16.5. The zero-order chi connectivity index (χ0) is 10.3.